The first-order valence-electron chi connectivity index (χ1n) is 9.69. The van der Waals surface area contributed by atoms with Crippen molar-refractivity contribution in [1.29, 1.82) is 0 Å². The Balaban J connectivity index is 2.54. The first-order valence-corrected chi connectivity index (χ1v) is 10.8. The number of carbonyl (C=O) groups is 6. The van der Waals surface area contributed by atoms with Crippen molar-refractivity contribution in [3.05, 3.63) is 0 Å². The number of rotatable bonds is 14. The summed E-state index contributed by atoms with van der Waals surface area (Å²) >= 11 is 0.897. The van der Waals surface area contributed by atoms with Crippen molar-refractivity contribution >= 4 is 47.3 Å². The molecule has 1 aliphatic carbocycles. The van der Waals surface area contributed by atoms with E-state index in [-0.39, 0.29) is 30.5 Å². The van der Waals surface area contributed by atoms with Crippen LogP contribution in [-0.4, -0.2) is 82.0 Å². The predicted octanol–water partition coefficient (Wildman–Crippen LogP) is -1.35. The Morgan fingerprint density at radius 2 is 1.74 bits per heavy atom. The van der Waals surface area contributed by atoms with Crippen LogP contribution in [0.15, 0.2) is 0 Å². The highest BCUT2D eigenvalue weighted by Gasteiger charge is 2.26. The third kappa shape index (κ3) is 10.8. The predicted molar refractivity (Wildman–Crippen MR) is 108 cm³/mol. The number of hydrogen-bond donors (Lipinski definition) is 5. The summed E-state index contributed by atoms with van der Waals surface area (Å²) in [7, 11) is 0. The van der Waals surface area contributed by atoms with E-state index in [4.69, 9.17) is 20.7 Å². The number of nitrogens with two attached hydrogens (primary N) is 1. The smallest absolute Gasteiger partial charge is 0.375 e. The van der Waals surface area contributed by atoms with Crippen molar-refractivity contribution in [3.63, 3.8) is 0 Å². The van der Waals surface area contributed by atoms with Crippen LogP contribution >= 0.6 is 11.8 Å². The molecular formula is C18H27N3O9S. The lowest BCUT2D eigenvalue weighted by Gasteiger charge is -2.18. The normalized spacial score (nSPS) is 15.5. The molecule has 31 heavy (non-hydrogen) atoms. The molecule has 13 heteroatoms. The van der Waals surface area contributed by atoms with E-state index in [0.29, 0.717) is 0 Å². The van der Waals surface area contributed by atoms with Gasteiger partial charge in [-0.25, -0.2) is 4.79 Å². The van der Waals surface area contributed by atoms with E-state index in [2.05, 4.69) is 10.6 Å². The second-order valence-electron chi connectivity index (χ2n) is 6.97. The Labute approximate surface area is 182 Å². The van der Waals surface area contributed by atoms with Gasteiger partial charge in [-0.1, -0.05) is 0 Å². The highest BCUT2D eigenvalue weighted by molar-refractivity contribution is 8.00. The highest BCUT2D eigenvalue weighted by Crippen LogP contribution is 2.21. The maximum atomic E-state index is 12.2. The average Bonchev–Trinajstić information content (AvgIpc) is 3.21. The quantitative estimate of drug-likeness (QED) is 0.151. The molecule has 0 aromatic heterocycles. The molecule has 1 saturated carbocycles. The number of carbonyl (C=O) groups excluding carboxylic acids is 4. The molecule has 0 aliphatic heterocycles. The van der Waals surface area contributed by atoms with Crippen molar-refractivity contribution in [1.82, 2.24) is 10.6 Å². The van der Waals surface area contributed by atoms with Crippen molar-refractivity contribution in [2.45, 2.75) is 56.7 Å². The van der Waals surface area contributed by atoms with Crippen LogP contribution in [0.25, 0.3) is 0 Å². The van der Waals surface area contributed by atoms with Crippen molar-refractivity contribution < 1.29 is 43.7 Å². The number of carboxylic acid groups (broad SMARTS) is 2. The Morgan fingerprint density at radius 1 is 1.10 bits per heavy atom. The van der Waals surface area contributed by atoms with Gasteiger partial charge in [0.05, 0.1) is 5.75 Å². The molecule has 12 nitrogen and oxygen atoms in total. The molecule has 0 radical (unpaired) electrons. The Hall–Kier alpha value is -2.67. The third-order valence-electron chi connectivity index (χ3n) is 4.39. The van der Waals surface area contributed by atoms with Gasteiger partial charge in [-0.05, 0) is 32.1 Å². The zero-order chi connectivity index (χ0) is 23.4. The fourth-order valence-corrected chi connectivity index (χ4v) is 3.59. The zero-order valence-electron chi connectivity index (χ0n) is 16.8. The number of amides is 2. The van der Waals surface area contributed by atoms with Gasteiger partial charge < -0.3 is 31.3 Å². The molecule has 0 saturated heterocycles. The monoisotopic (exact) mass is 461 g/mol. The average molecular weight is 461 g/mol. The van der Waals surface area contributed by atoms with Gasteiger partial charge in [0.15, 0.2) is 0 Å². The number of Topliss-reactive ketones (excluding diaryl/α,β-unsaturated/α-hetero) is 1. The summed E-state index contributed by atoms with van der Waals surface area (Å²) in [5.41, 5.74) is 5.33. The summed E-state index contributed by atoms with van der Waals surface area (Å²) in [6.07, 6.45) is 2.62. The first-order chi connectivity index (χ1) is 14.6. The largest absolute Gasteiger partial charge is 0.480 e. The molecule has 2 amide bonds. The van der Waals surface area contributed by atoms with Gasteiger partial charge in [0, 0.05) is 12.2 Å². The minimum absolute atomic E-state index is 0.120. The zero-order valence-corrected chi connectivity index (χ0v) is 17.7. The molecular weight excluding hydrogens is 434 g/mol. The summed E-state index contributed by atoms with van der Waals surface area (Å²) in [6, 6.07) is -2.44. The molecule has 6 N–H and O–H groups in total. The minimum atomic E-state index is -1.29. The molecule has 174 valence electrons. The molecule has 2 unspecified atom stereocenters. The second-order valence-corrected chi connectivity index (χ2v) is 8.00. The van der Waals surface area contributed by atoms with E-state index in [0.717, 1.165) is 37.4 Å². The van der Waals surface area contributed by atoms with E-state index >= 15 is 0 Å². The Bertz CT molecular complexity index is 695. The number of carboxylic acids is 2. The number of aliphatic carboxylic acids is 2. The maximum Gasteiger partial charge on any atom is 0.375 e. The fourth-order valence-electron chi connectivity index (χ4n) is 2.70. The van der Waals surface area contributed by atoms with Crippen LogP contribution in [0.1, 0.15) is 38.5 Å². The highest BCUT2D eigenvalue weighted by atomic mass is 32.2. The molecule has 0 spiro atoms. The van der Waals surface area contributed by atoms with Crippen LogP contribution in [0.2, 0.25) is 0 Å². The van der Waals surface area contributed by atoms with Crippen LogP contribution in [0.3, 0.4) is 0 Å². The Morgan fingerprint density at radius 3 is 2.32 bits per heavy atom. The van der Waals surface area contributed by atoms with Gasteiger partial charge in [-0.15, -0.1) is 0 Å². The van der Waals surface area contributed by atoms with Gasteiger partial charge in [0.25, 0.3) is 0 Å². The van der Waals surface area contributed by atoms with Crippen molar-refractivity contribution in [2.75, 3.05) is 18.1 Å². The third-order valence-corrected chi connectivity index (χ3v) is 5.42. The topological polar surface area (TPSA) is 202 Å². The van der Waals surface area contributed by atoms with Crippen molar-refractivity contribution in [3.8, 4) is 0 Å². The lowest BCUT2D eigenvalue weighted by Crippen LogP contribution is -2.49. The van der Waals surface area contributed by atoms with E-state index < -0.39 is 54.1 Å². The second kappa shape index (κ2) is 13.6. The first kappa shape index (κ1) is 26.4. The molecule has 0 heterocycles. The van der Waals surface area contributed by atoms with Crippen molar-refractivity contribution in [2.24, 2.45) is 5.73 Å². The van der Waals surface area contributed by atoms with Gasteiger partial charge in [0.2, 0.25) is 17.6 Å². The van der Waals surface area contributed by atoms with Gasteiger partial charge >= 0.3 is 17.9 Å². The molecule has 1 fully saturated rings. The molecule has 0 bridgehead atoms. The molecule has 0 aromatic carbocycles. The van der Waals surface area contributed by atoms with E-state index in [9.17, 15) is 28.8 Å². The molecule has 1 aliphatic rings. The van der Waals surface area contributed by atoms with Crippen LogP contribution in [0, 0.1) is 0 Å². The maximum absolute atomic E-state index is 12.2. The molecule has 1 rings (SSSR count). The molecule has 0 aromatic rings. The van der Waals surface area contributed by atoms with Crippen LogP contribution in [0.5, 0.6) is 0 Å². The Kier molecular flexibility index (Phi) is 11.6. The number of nitrogens with one attached hydrogen (secondary N) is 2. The standard InChI is InChI=1S/C18H27N3O9S/c19-11(17(27)28)5-6-14(23)21-12(16(26)20-7-15(24)25)8-31-9-13(22)18(29)30-10-3-1-2-4-10/h10-12H,1-9,19H2,(H,20,26)(H,21,23)(H,24,25)(H,27,28). The van der Waals surface area contributed by atoms with Gasteiger partial charge in [-0.3, -0.25) is 24.0 Å². The summed E-state index contributed by atoms with van der Waals surface area (Å²) in [4.78, 5) is 69.3. The van der Waals surface area contributed by atoms with Crippen LogP contribution < -0.4 is 16.4 Å². The lowest BCUT2D eigenvalue weighted by molar-refractivity contribution is -0.156. The molecule has 2 atom stereocenters. The summed E-state index contributed by atoms with van der Waals surface area (Å²) in [6.45, 7) is -0.674. The summed E-state index contributed by atoms with van der Waals surface area (Å²) in [5, 5.41) is 21.9. The van der Waals surface area contributed by atoms with E-state index in [1.54, 1.807) is 0 Å². The van der Waals surface area contributed by atoms with Crippen LogP contribution in [0.4, 0.5) is 0 Å². The number of ketones is 1. The van der Waals surface area contributed by atoms with E-state index in [1.807, 2.05) is 0 Å². The lowest BCUT2D eigenvalue weighted by atomic mass is 10.1. The number of hydrogen-bond acceptors (Lipinski definition) is 9. The number of ether oxygens (including phenoxy) is 1. The van der Waals surface area contributed by atoms with E-state index in [1.165, 1.54) is 0 Å². The minimum Gasteiger partial charge on any atom is -0.480 e. The van der Waals surface area contributed by atoms with Gasteiger partial charge in [-0.2, -0.15) is 11.8 Å². The number of esters is 1. The summed E-state index contributed by atoms with van der Waals surface area (Å²) < 4.78 is 5.11. The fraction of sp³-hybridized carbons (Fsp3) is 0.667. The van der Waals surface area contributed by atoms with Gasteiger partial charge in [0.1, 0.15) is 24.7 Å². The van der Waals surface area contributed by atoms with Crippen LogP contribution in [-0.2, 0) is 33.5 Å². The number of thioether (sulfide) groups is 1. The summed E-state index contributed by atoms with van der Waals surface area (Å²) in [5.74, 6) is -6.16. The SMILES string of the molecule is NC(CCC(=O)NC(CSCC(=O)C(=O)OC1CCCC1)C(=O)NCC(=O)O)C(=O)O.